The number of hydrogen-bond acceptors (Lipinski definition) is 8. The number of rotatable bonds is 9. The number of benzene rings is 1. The molecule has 1 amide bonds. The minimum atomic E-state index is -2.08. The Morgan fingerprint density at radius 2 is 1.88 bits per heavy atom. The molecule has 0 fully saturated rings. The molecule has 0 radical (unpaired) electrons. The Bertz CT molecular complexity index is 1570. The van der Waals surface area contributed by atoms with Crippen LogP contribution in [0.1, 0.15) is 37.9 Å². The second kappa shape index (κ2) is 12.0. The van der Waals surface area contributed by atoms with Gasteiger partial charge in [0.25, 0.3) is 0 Å². The van der Waals surface area contributed by atoms with Crippen LogP contribution in [-0.4, -0.2) is 58.6 Å². The Labute approximate surface area is 243 Å². The van der Waals surface area contributed by atoms with Crippen molar-refractivity contribution in [1.82, 2.24) is 25.1 Å². The maximum absolute atomic E-state index is 14.4. The van der Waals surface area contributed by atoms with Gasteiger partial charge in [-0.1, -0.05) is 44.5 Å². The van der Waals surface area contributed by atoms with Crippen LogP contribution >= 0.6 is 11.6 Å². The normalized spacial score (nSPS) is 12.8. The lowest BCUT2D eigenvalue weighted by Gasteiger charge is -2.36. The van der Waals surface area contributed by atoms with Gasteiger partial charge in [0.2, 0.25) is 5.91 Å². The number of halogens is 2. The molecule has 0 aliphatic heterocycles. The zero-order valence-electron chi connectivity index (χ0n) is 23.7. The molecule has 0 bridgehead atoms. The third kappa shape index (κ3) is 6.77. The van der Waals surface area contributed by atoms with Gasteiger partial charge in [0.15, 0.2) is 25.7 Å². The molecule has 1 atom stereocenters. The number of hydrogen-bond donors (Lipinski definition) is 2. The summed E-state index contributed by atoms with van der Waals surface area (Å²) in [7, 11) is -2.08. The van der Waals surface area contributed by atoms with Crippen LogP contribution in [-0.2, 0) is 18.8 Å². The van der Waals surface area contributed by atoms with Gasteiger partial charge < -0.3 is 14.5 Å². The fraction of sp³-hybridized carbons (Fsp3) is 0.357. The lowest BCUT2D eigenvalue weighted by molar-refractivity contribution is -0.148. The Morgan fingerprint density at radius 1 is 1.12 bits per heavy atom. The summed E-state index contributed by atoms with van der Waals surface area (Å²) < 4.78 is 26.1. The molecule has 216 valence electrons. The van der Waals surface area contributed by atoms with Crippen molar-refractivity contribution in [3.8, 4) is 11.4 Å². The number of nitrogens with one attached hydrogen (secondary N) is 2. The molecule has 3 aromatic heterocycles. The van der Waals surface area contributed by atoms with Crippen LogP contribution < -0.4 is 5.32 Å². The molecule has 0 saturated heterocycles. The van der Waals surface area contributed by atoms with E-state index in [1.807, 2.05) is 0 Å². The maximum atomic E-state index is 14.4. The molecule has 4 rings (SSSR count). The first-order valence-electron chi connectivity index (χ1n) is 13.0. The highest BCUT2D eigenvalue weighted by Crippen LogP contribution is 2.36. The van der Waals surface area contributed by atoms with Gasteiger partial charge in [-0.25, -0.2) is 19.3 Å². The summed E-state index contributed by atoms with van der Waals surface area (Å²) in [5.74, 6) is -3.27. The summed E-state index contributed by atoms with van der Waals surface area (Å²) in [6.07, 6.45) is 2.79. The van der Waals surface area contributed by atoms with E-state index in [1.54, 1.807) is 19.1 Å². The highest BCUT2D eigenvalue weighted by molar-refractivity contribution is 6.74. The van der Waals surface area contributed by atoms with Crippen LogP contribution in [0.3, 0.4) is 0 Å². The number of carbonyl (C=O) groups excluding carboxylic acids is 2. The van der Waals surface area contributed by atoms with Crippen LogP contribution in [0, 0.1) is 12.7 Å². The summed E-state index contributed by atoms with van der Waals surface area (Å²) >= 11 is 5.93. The number of H-pyrrole nitrogens is 1. The van der Waals surface area contributed by atoms with Gasteiger partial charge in [0.1, 0.15) is 18.2 Å². The molecule has 0 saturated carbocycles. The van der Waals surface area contributed by atoms with Crippen molar-refractivity contribution in [3.05, 3.63) is 64.8 Å². The number of nitrogens with zero attached hydrogens (tertiary/aromatic N) is 4. The number of aromatic nitrogens is 5. The Kier molecular flexibility index (Phi) is 8.85. The van der Waals surface area contributed by atoms with E-state index in [4.69, 9.17) is 20.8 Å². The number of ether oxygens (including phenoxy) is 1. The molecule has 4 aromatic rings. The first kappa shape index (κ1) is 30.2. The van der Waals surface area contributed by atoms with E-state index in [0.29, 0.717) is 21.5 Å². The number of aromatic amines is 1. The molecule has 41 heavy (non-hydrogen) atoms. The van der Waals surface area contributed by atoms with Gasteiger partial charge in [-0.15, -0.1) is 0 Å². The van der Waals surface area contributed by atoms with E-state index >= 15 is 0 Å². The number of esters is 1. The first-order valence-corrected chi connectivity index (χ1v) is 16.3. The Balaban J connectivity index is 1.70. The molecule has 0 aliphatic rings. The maximum Gasteiger partial charge on any atom is 0.324 e. The lowest BCUT2D eigenvalue weighted by atomic mass is 10.0. The third-order valence-corrected chi connectivity index (χ3v) is 12.0. The number of carbonyl (C=O) groups is 2. The predicted octanol–water partition coefficient (Wildman–Crippen LogP) is 5.80. The van der Waals surface area contributed by atoms with Gasteiger partial charge in [-0.3, -0.25) is 14.7 Å². The number of amides is 1. The molecule has 0 unspecified atom stereocenters. The Morgan fingerprint density at radius 3 is 2.56 bits per heavy atom. The molecular weight excluding hydrogens is 567 g/mol. The molecule has 1 aromatic carbocycles. The lowest BCUT2D eigenvalue weighted by Crippen LogP contribution is -2.41. The zero-order chi connectivity index (χ0) is 29.9. The van der Waals surface area contributed by atoms with Gasteiger partial charge in [0.05, 0.1) is 28.9 Å². The van der Waals surface area contributed by atoms with Crippen molar-refractivity contribution in [2.24, 2.45) is 0 Å². The zero-order valence-corrected chi connectivity index (χ0v) is 25.5. The SMILES string of the molecule is Cc1c(F)cccc1-c1nc([C@@H](C(=O)Nc2ccc(Cl)cn2)C(=O)OCCO[Si](C)(C)C(C)(C)C)c2cn[nH]c2n1. The second-order valence-electron chi connectivity index (χ2n) is 11.0. The highest BCUT2D eigenvalue weighted by Gasteiger charge is 2.38. The van der Waals surface area contributed by atoms with Crippen LogP contribution in [0.5, 0.6) is 0 Å². The molecule has 0 aliphatic carbocycles. The van der Waals surface area contributed by atoms with Crippen LogP contribution in [0.25, 0.3) is 22.4 Å². The van der Waals surface area contributed by atoms with Crippen molar-refractivity contribution >= 4 is 48.6 Å². The summed E-state index contributed by atoms with van der Waals surface area (Å²) in [5, 5.41) is 10.1. The summed E-state index contributed by atoms with van der Waals surface area (Å²) in [6.45, 7) is 12.2. The smallest absolute Gasteiger partial charge is 0.324 e. The van der Waals surface area contributed by atoms with E-state index in [1.165, 1.54) is 30.6 Å². The number of fused-ring (bicyclic) bond motifs is 1. The van der Waals surface area contributed by atoms with Crippen molar-refractivity contribution < 1.29 is 23.1 Å². The number of pyridine rings is 1. The minimum Gasteiger partial charge on any atom is -0.462 e. The monoisotopic (exact) mass is 598 g/mol. The minimum absolute atomic E-state index is 0.0235. The largest absolute Gasteiger partial charge is 0.462 e. The quantitative estimate of drug-likeness (QED) is 0.107. The fourth-order valence-corrected chi connectivity index (χ4v) is 4.92. The fourth-order valence-electron chi connectivity index (χ4n) is 3.78. The molecule has 13 heteroatoms. The summed E-state index contributed by atoms with van der Waals surface area (Å²) in [5.41, 5.74) is 1.03. The van der Waals surface area contributed by atoms with Crippen LogP contribution in [0.4, 0.5) is 10.2 Å². The average molecular weight is 599 g/mol. The van der Waals surface area contributed by atoms with E-state index in [0.717, 1.165) is 0 Å². The van der Waals surface area contributed by atoms with Gasteiger partial charge in [-0.2, -0.15) is 5.10 Å². The molecular formula is C28H32ClFN6O4Si. The molecule has 2 N–H and O–H groups in total. The predicted molar refractivity (Wildman–Crippen MR) is 157 cm³/mol. The van der Waals surface area contributed by atoms with Gasteiger partial charge in [-0.05, 0) is 48.8 Å². The standard InChI is InChI=1S/C28H32ClFN6O4Si/c1-16-18(8-7-9-20(16)30)24-34-23(19-15-32-36-25(19)35-24)22(26(37)33-21-11-10-17(29)14-31-21)27(38)39-12-13-40-41(5,6)28(2,3)4/h7-11,14-15,22H,12-13H2,1-6H3,(H,31,33,37)(H,32,34,35,36)/t22-/m0/s1. The summed E-state index contributed by atoms with van der Waals surface area (Å²) in [6, 6.07) is 7.57. The average Bonchev–Trinajstić information content (AvgIpc) is 3.38. The van der Waals surface area contributed by atoms with E-state index in [-0.39, 0.29) is 41.2 Å². The third-order valence-electron chi connectivity index (χ3n) is 7.19. The first-order chi connectivity index (χ1) is 19.3. The van der Waals surface area contributed by atoms with Crippen LogP contribution in [0.15, 0.2) is 42.7 Å². The highest BCUT2D eigenvalue weighted by atomic mass is 35.5. The molecule has 3 heterocycles. The second-order valence-corrected chi connectivity index (χ2v) is 16.3. The van der Waals surface area contributed by atoms with Gasteiger partial charge >= 0.3 is 5.97 Å². The number of anilines is 1. The van der Waals surface area contributed by atoms with Crippen molar-refractivity contribution in [3.63, 3.8) is 0 Å². The van der Waals surface area contributed by atoms with Crippen molar-refractivity contribution in [2.75, 3.05) is 18.5 Å². The summed E-state index contributed by atoms with van der Waals surface area (Å²) in [4.78, 5) is 40.3. The van der Waals surface area contributed by atoms with Crippen molar-refractivity contribution in [2.45, 2.75) is 51.7 Å². The Hall–Kier alpha value is -3.74. The van der Waals surface area contributed by atoms with E-state index in [9.17, 15) is 14.0 Å². The van der Waals surface area contributed by atoms with Gasteiger partial charge in [0, 0.05) is 11.8 Å². The molecule has 10 nitrogen and oxygen atoms in total. The molecule has 0 spiro atoms. The van der Waals surface area contributed by atoms with Crippen LogP contribution in [0.2, 0.25) is 23.2 Å². The van der Waals surface area contributed by atoms with E-state index in [2.05, 4.69) is 64.3 Å². The van der Waals surface area contributed by atoms with Crippen molar-refractivity contribution in [1.29, 1.82) is 0 Å². The topological polar surface area (TPSA) is 132 Å². The van der Waals surface area contributed by atoms with E-state index < -0.39 is 31.9 Å².